The maximum atomic E-state index is 12.4. The maximum absolute atomic E-state index is 12.4. The third-order valence-electron chi connectivity index (χ3n) is 5.62. The summed E-state index contributed by atoms with van der Waals surface area (Å²) in [5.74, 6) is 1.45. The summed E-state index contributed by atoms with van der Waals surface area (Å²) in [6, 6.07) is 18.7. The average Bonchev–Trinajstić information content (AvgIpc) is 2.74. The van der Waals surface area contributed by atoms with E-state index >= 15 is 0 Å². The highest BCUT2D eigenvalue weighted by Crippen LogP contribution is 2.26. The SMILES string of the molecule is O=C(CN1CCN(Cc2ccccc2)CC1)NCC1COc2ccccc2C1. The molecule has 148 valence electrons. The molecule has 1 unspecified atom stereocenters. The Balaban J connectivity index is 1.15. The third kappa shape index (κ3) is 5.12. The van der Waals surface area contributed by atoms with Gasteiger partial charge in [-0.3, -0.25) is 14.6 Å². The van der Waals surface area contributed by atoms with Gasteiger partial charge in [0, 0.05) is 45.2 Å². The van der Waals surface area contributed by atoms with Gasteiger partial charge in [0.1, 0.15) is 5.75 Å². The van der Waals surface area contributed by atoms with E-state index in [0.29, 0.717) is 25.6 Å². The minimum atomic E-state index is 0.121. The molecule has 1 atom stereocenters. The van der Waals surface area contributed by atoms with Gasteiger partial charge in [-0.2, -0.15) is 0 Å². The van der Waals surface area contributed by atoms with E-state index in [-0.39, 0.29) is 5.91 Å². The van der Waals surface area contributed by atoms with Gasteiger partial charge in [0.15, 0.2) is 0 Å². The van der Waals surface area contributed by atoms with Crippen molar-refractivity contribution in [2.24, 2.45) is 5.92 Å². The quantitative estimate of drug-likeness (QED) is 0.836. The Bertz CT molecular complexity index is 772. The summed E-state index contributed by atoms with van der Waals surface area (Å²) in [6.45, 7) is 6.75. The van der Waals surface area contributed by atoms with Crippen LogP contribution >= 0.6 is 0 Å². The highest BCUT2D eigenvalue weighted by molar-refractivity contribution is 5.78. The molecule has 0 bridgehead atoms. The van der Waals surface area contributed by atoms with Crippen molar-refractivity contribution in [3.63, 3.8) is 0 Å². The van der Waals surface area contributed by atoms with E-state index in [2.05, 4.69) is 51.5 Å². The number of carbonyl (C=O) groups is 1. The van der Waals surface area contributed by atoms with E-state index in [1.54, 1.807) is 0 Å². The van der Waals surface area contributed by atoms with Gasteiger partial charge < -0.3 is 10.1 Å². The van der Waals surface area contributed by atoms with Crippen molar-refractivity contribution in [2.45, 2.75) is 13.0 Å². The third-order valence-corrected chi connectivity index (χ3v) is 5.62. The lowest BCUT2D eigenvalue weighted by atomic mass is 9.97. The van der Waals surface area contributed by atoms with Gasteiger partial charge in [-0.15, -0.1) is 0 Å². The number of benzene rings is 2. The van der Waals surface area contributed by atoms with Crippen LogP contribution in [0.1, 0.15) is 11.1 Å². The Kier molecular flexibility index (Phi) is 6.24. The number of piperazine rings is 1. The predicted octanol–water partition coefficient (Wildman–Crippen LogP) is 2.17. The number of amides is 1. The molecule has 2 heterocycles. The van der Waals surface area contributed by atoms with Gasteiger partial charge in [0.05, 0.1) is 13.2 Å². The number of rotatable bonds is 6. The first-order valence-electron chi connectivity index (χ1n) is 10.2. The van der Waals surface area contributed by atoms with E-state index in [1.165, 1.54) is 11.1 Å². The van der Waals surface area contributed by atoms with Crippen molar-refractivity contribution < 1.29 is 9.53 Å². The second kappa shape index (κ2) is 9.22. The van der Waals surface area contributed by atoms with Crippen molar-refractivity contribution in [3.8, 4) is 5.75 Å². The second-order valence-corrected chi connectivity index (χ2v) is 7.83. The minimum Gasteiger partial charge on any atom is -0.493 e. The van der Waals surface area contributed by atoms with Crippen LogP contribution in [0.5, 0.6) is 5.75 Å². The van der Waals surface area contributed by atoms with Crippen molar-refractivity contribution >= 4 is 5.91 Å². The smallest absolute Gasteiger partial charge is 0.234 e. The fourth-order valence-corrected chi connectivity index (χ4v) is 3.99. The molecule has 4 rings (SSSR count). The first-order chi connectivity index (χ1) is 13.8. The Morgan fingerprint density at radius 3 is 2.50 bits per heavy atom. The largest absolute Gasteiger partial charge is 0.493 e. The summed E-state index contributed by atoms with van der Waals surface area (Å²) in [6.07, 6.45) is 0.967. The number of para-hydroxylation sites is 1. The number of nitrogens with one attached hydrogen (secondary N) is 1. The molecule has 1 fully saturated rings. The zero-order valence-corrected chi connectivity index (χ0v) is 16.3. The lowest BCUT2D eigenvalue weighted by Crippen LogP contribution is -2.49. The molecule has 2 aromatic carbocycles. The molecule has 2 aromatic rings. The van der Waals surface area contributed by atoms with Crippen molar-refractivity contribution in [2.75, 3.05) is 45.9 Å². The van der Waals surface area contributed by atoms with Gasteiger partial charge in [-0.1, -0.05) is 48.5 Å². The van der Waals surface area contributed by atoms with Crippen LogP contribution in [0.15, 0.2) is 54.6 Å². The van der Waals surface area contributed by atoms with Gasteiger partial charge in [-0.05, 0) is 23.6 Å². The van der Waals surface area contributed by atoms with Crippen molar-refractivity contribution in [1.82, 2.24) is 15.1 Å². The van der Waals surface area contributed by atoms with Crippen LogP contribution in [0.25, 0.3) is 0 Å². The van der Waals surface area contributed by atoms with Crippen LogP contribution in [0.2, 0.25) is 0 Å². The Labute approximate surface area is 167 Å². The van der Waals surface area contributed by atoms with Gasteiger partial charge >= 0.3 is 0 Å². The maximum Gasteiger partial charge on any atom is 0.234 e. The molecule has 1 saturated heterocycles. The summed E-state index contributed by atoms with van der Waals surface area (Å²) in [7, 11) is 0. The second-order valence-electron chi connectivity index (χ2n) is 7.83. The zero-order valence-electron chi connectivity index (χ0n) is 16.3. The number of hydrogen-bond donors (Lipinski definition) is 1. The highest BCUT2D eigenvalue weighted by Gasteiger charge is 2.22. The summed E-state index contributed by atoms with van der Waals surface area (Å²) >= 11 is 0. The van der Waals surface area contributed by atoms with Crippen LogP contribution in [0.3, 0.4) is 0 Å². The first kappa shape index (κ1) is 19.0. The molecule has 28 heavy (non-hydrogen) atoms. The molecule has 0 aliphatic carbocycles. The molecule has 0 aromatic heterocycles. The molecule has 0 saturated carbocycles. The Morgan fingerprint density at radius 1 is 0.964 bits per heavy atom. The molecule has 5 heteroatoms. The fraction of sp³-hybridized carbons (Fsp3) is 0.435. The van der Waals surface area contributed by atoms with E-state index in [9.17, 15) is 4.79 Å². The average molecular weight is 380 g/mol. The fourth-order valence-electron chi connectivity index (χ4n) is 3.99. The number of ether oxygens (including phenoxy) is 1. The normalized spacial score (nSPS) is 20.2. The summed E-state index contributed by atoms with van der Waals surface area (Å²) in [5.41, 5.74) is 2.59. The van der Waals surface area contributed by atoms with Crippen LogP contribution in [-0.2, 0) is 17.8 Å². The molecule has 2 aliphatic heterocycles. The molecular formula is C23H29N3O2. The van der Waals surface area contributed by atoms with E-state index < -0.39 is 0 Å². The standard InChI is InChI=1S/C23H29N3O2/c27-23(24-15-20-14-21-8-4-5-9-22(21)28-18-20)17-26-12-10-25(11-13-26)16-19-6-2-1-3-7-19/h1-9,20H,10-18H2,(H,24,27). The van der Waals surface area contributed by atoms with Crippen LogP contribution in [0, 0.1) is 5.92 Å². The van der Waals surface area contributed by atoms with Crippen molar-refractivity contribution in [3.05, 3.63) is 65.7 Å². The lowest BCUT2D eigenvalue weighted by molar-refractivity contribution is -0.122. The Morgan fingerprint density at radius 2 is 1.68 bits per heavy atom. The monoisotopic (exact) mass is 379 g/mol. The number of nitrogens with zero attached hydrogens (tertiary/aromatic N) is 2. The summed E-state index contributed by atoms with van der Waals surface area (Å²) in [5, 5.41) is 3.11. The van der Waals surface area contributed by atoms with Gasteiger partial charge in [0.25, 0.3) is 0 Å². The topological polar surface area (TPSA) is 44.8 Å². The first-order valence-corrected chi connectivity index (χ1v) is 10.2. The minimum absolute atomic E-state index is 0.121. The summed E-state index contributed by atoms with van der Waals surface area (Å²) in [4.78, 5) is 17.1. The van der Waals surface area contributed by atoms with Gasteiger partial charge in [0.2, 0.25) is 5.91 Å². The van der Waals surface area contributed by atoms with E-state index in [4.69, 9.17) is 4.74 Å². The molecule has 1 N–H and O–H groups in total. The van der Waals surface area contributed by atoms with Crippen molar-refractivity contribution in [1.29, 1.82) is 0 Å². The van der Waals surface area contributed by atoms with Crippen LogP contribution in [-0.4, -0.2) is 61.6 Å². The molecular weight excluding hydrogens is 350 g/mol. The number of carbonyl (C=O) groups excluding carboxylic acids is 1. The summed E-state index contributed by atoms with van der Waals surface area (Å²) < 4.78 is 5.81. The number of fused-ring (bicyclic) bond motifs is 1. The molecule has 5 nitrogen and oxygen atoms in total. The van der Waals surface area contributed by atoms with Crippen LogP contribution in [0.4, 0.5) is 0 Å². The molecule has 0 spiro atoms. The molecule has 0 radical (unpaired) electrons. The lowest BCUT2D eigenvalue weighted by Gasteiger charge is -2.34. The highest BCUT2D eigenvalue weighted by atomic mass is 16.5. The number of hydrogen-bond acceptors (Lipinski definition) is 4. The van der Waals surface area contributed by atoms with E-state index in [0.717, 1.165) is 44.9 Å². The van der Waals surface area contributed by atoms with Crippen LogP contribution < -0.4 is 10.1 Å². The Hall–Kier alpha value is -2.37. The predicted molar refractivity (Wildman–Crippen MR) is 110 cm³/mol. The van der Waals surface area contributed by atoms with E-state index in [1.807, 2.05) is 18.2 Å². The molecule has 2 aliphatic rings. The zero-order chi connectivity index (χ0) is 19.2. The molecule has 1 amide bonds. The van der Waals surface area contributed by atoms with Gasteiger partial charge in [-0.25, -0.2) is 0 Å².